The molecule has 22 heavy (non-hydrogen) atoms. The topological polar surface area (TPSA) is 49.6 Å². The first-order chi connectivity index (χ1) is 10.2. The van der Waals surface area contributed by atoms with Crippen LogP contribution >= 0.6 is 0 Å². The summed E-state index contributed by atoms with van der Waals surface area (Å²) in [4.78, 5) is 14.0. The van der Waals surface area contributed by atoms with Gasteiger partial charge >= 0.3 is 6.18 Å². The lowest BCUT2D eigenvalue weighted by Gasteiger charge is -2.37. The largest absolute Gasteiger partial charge is 0.416 e. The number of rotatable bonds is 3. The van der Waals surface area contributed by atoms with Gasteiger partial charge in [-0.05, 0) is 19.5 Å². The third-order valence-electron chi connectivity index (χ3n) is 4.09. The van der Waals surface area contributed by atoms with Crippen molar-refractivity contribution < 1.29 is 18.1 Å². The van der Waals surface area contributed by atoms with E-state index in [0.29, 0.717) is 19.2 Å². The van der Waals surface area contributed by atoms with Gasteiger partial charge in [-0.1, -0.05) is 6.07 Å². The molecule has 1 aliphatic heterocycles. The summed E-state index contributed by atoms with van der Waals surface area (Å²) in [5.41, 5.74) is -1.38. The Kier molecular flexibility index (Phi) is 4.72. The molecule has 0 N–H and O–H groups in total. The third kappa shape index (κ3) is 3.56. The third-order valence-corrected chi connectivity index (χ3v) is 4.09. The fourth-order valence-corrected chi connectivity index (χ4v) is 2.67. The van der Waals surface area contributed by atoms with Crippen LogP contribution in [0.4, 0.5) is 18.9 Å². The molecule has 0 radical (unpaired) electrons. The Morgan fingerprint density at radius 3 is 2.32 bits per heavy atom. The van der Waals surface area contributed by atoms with Gasteiger partial charge in [-0.2, -0.15) is 13.2 Å². The summed E-state index contributed by atoms with van der Waals surface area (Å²) in [5, 5.41) is 10.7. The zero-order valence-corrected chi connectivity index (χ0v) is 12.4. The van der Waals surface area contributed by atoms with E-state index in [1.807, 2.05) is 11.9 Å². The average Bonchev–Trinajstić information content (AvgIpc) is 2.45. The van der Waals surface area contributed by atoms with E-state index >= 15 is 0 Å². The van der Waals surface area contributed by atoms with E-state index < -0.39 is 28.4 Å². The lowest BCUT2D eigenvalue weighted by molar-refractivity contribution is -0.385. The first-order valence-corrected chi connectivity index (χ1v) is 6.98. The smallest absolute Gasteiger partial charge is 0.304 e. The Balaban J connectivity index is 2.35. The number of nitrogens with zero attached hydrogens (tertiary/aromatic N) is 3. The van der Waals surface area contributed by atoms with Crippen molar-refractivity contribution in [2.45, 2.75) is 19.1 Å². The Hall–Kier alpha value is -1.67. The molecular weight excluding hydrogens is 299 g/mol. The van der Waals surface area contributed by atoms with Crippen molar-refractivity contribution in [3.05, 3.63) is 39.4 Å². The number of nitro groups is 1. The molecule has 0 saturated carbocycles. The van der Waals surface area contributed by atoms with Crippen LogP contribution in [-0.4, -0.2) is 47.9 Å². The predicted molar refractivity (Wildman–Crippen MR) is 75.6 cm³/mol. The Labute approximate surface area is 126 Å². The standard InChI is InChI=1S/C14H18F3N3O2/c1-10(19-7-5-18(2)6-8-19)12-4-3-11(20(21)22)9-13(12)14(15,16)17/h3-4,9-10H,5-8H2,1-2H3. The van der Waals surface area contributed by atoms with Crippen LogP contribution in [0.25, 0.3) is 0 Å². The van der Waals surface area contributed by atoms with Crippen molar-refractivity contribution in [2.75, 3.05) is 33.2 Å². The van der Waals surface area contributed by atoms with Crippen molar-refractivity contribution in [2.24, 2.45) is 0 Å². The van der Waals surface area contributed by atoms with Crippen LogP contribution in [0.1, 0.15) is 24.1 Å². The van der Waals surface area contributed by atoms with Crippen LogP contribution in [0.2, 0.25) is 0 Å². The van der Waals surface area contributed by atoms with Gasteiger partial charge in [0.15, 0.2) is 0 Å². The Morgan fingerprint density at radius 2 is 1.82 bits per heavy atom. The number of nitro benzene ring substituents is 1. The molecule has 1 atom stereocenters. The minimum Gasteiger partial charge on any atom is -0.304 e. The first-order valence-electron chi connectivity index (χ1n) is 6.98. The Morgan fingerprint density at radius 1 is 1.23 bits per heavy atom. The molecular formula is C14H18F3N3O2. The highest BCUT2D eigenvalue weighted by Crippen LogP contribution is 2.38. The summed E-state index contributed by atoms with van der Waals surface area (Å²) >= 11 is 0. The normalized spacial score (nSPS) is 19.1. The van der Waals surface area contributed by atoms with Gasteiger partial charge in [0.1, 0.15) is 0 Å². The van der Waals surface area contributed by atoms with Crippen LogP contribution < -0.4 is 0 Å². The maximum atomic E-state index is 13.2. The van der Waals surface area contributed by atoms with Crippen LogP contribution in [-0.2, 0) is 6.18 Å². The second-order valence-corrected chi connectivity index (χ2v) is 5.54. The molecule has 0 aromatic heterocycles. The SMILES string of the molecule is CC(c1ccc([N+](=O)[O-])cc1C(F)(F)F)N1CCN(C)CC1. The second kappa shape index (κ2) is 6.21. The molecule has 2 rings (SSSR count). The number of halogens is 3. The molecule has 1 aromatic carbocycles. The molecule has 1 fully saturated rings. The molecule has 8 heteroatoms. The van der Waals surface area contributed by atoms with E-state index in [1.165, 1.54) is 6.07 Å². The molecule has 5 nitrogen and oxygen atoms in total. The summed E-state index contributed by atoms with van der Waals surface area (Å²) in [6.07, 6.45) is -4.61. The number of benzene rings is 1. The van der Waals surface area contributed by atoms with Crippen LogP contribution in [0.15, 0.2) is 18.2 Å². The van der Waals surface area contributed by atoms with Crippen molar-refractivity contribution in [3.8, 4) is 0 Å². The summed E-state index contributed by atoms with van der Waals surface area (Å²) in [6, 6.07) is 2.55. The van der Waals surface area contributed by atoms with E-state index in [9.17, 15) is 23.3 Å². The van der Waals surface area contributed by atoms with Crippen LogP contribution in [0, 0.1) is 10.1 Å². The van der Waals surface area contributed by atoms with Gasteiger partial charge in [0.2, 0.25) is 0 Å². The van der Waals surface area contributed by atoms with Crippen LogP contribution in [0.5, 0.6) is 0 Å². The van der Waals surface area contributed by atoms with Crippen LogP contribution in [0.3, 0.4) is 0 Å². The van der Waals surface area contributed by atoms with E-state index in [-0.39, 0.29) is 5.56 Å². The molecule has 1 heterocycles. The van der Waals surface area contributed by atoms with Crippen molar-refractivity contribution >= 4 is 5.69 Å². The van der Waals surface area contributed by atoms with Gasteiger partial charge < -0.3 is 4.90 Å². The fourth-order valence-electron chi connectivity index (χ4n) is 2.67. The van der Waals surface area contributed by atoms with Gasteiger partial charge in [0, 0.05) is 44.4 Å². The van der Waals surface area contributed by atoms with E-state index in [0.717, 1.165) is 19.2 Å². The number of hydrogen-bond acceptors (Lipinski definition) is 4. The van der Waals surface area contributed by atoms with Crippen molar-refractivity contribution in [3.63, 3.8) is 0 Å². The molecule has 1 saturated heterocycles. The lowest BCUT2D eigenvalue weighted by atomic mass is 9.98. The van der Waals surface area contributed by atoms with E-state index in [1.54, 1.807) is 6.92 Å². The highest BCUT2D eigenvalue weighted by molar-refractivity contribution is 5.42. The van der Waals surface area contributed by atoms with Gasteiger partial charge in [-0.25, -0.2) is 0 Å². The summed E-state index contributed by atoms with van der Waals surface area (Å²) in [6.45, 7) is 4.64. The van der Waals surface area contributed by atoms with Crippen molar-refractivity contribution in [1.82, 2.24) is 9.80 Å². The van der Waals surface area contributed by atoms with Gasteiger partial charge in [-0.15, -0.1) is 0 Å². The molecule has 1 aliphatic rings. The summed E-state index contributed by atoms with van der Waals surface area (Å²) in [5.74, 6) is 0. The predicted octanol–water partition coefficient (Wildman–Crippen LogP) is 2.92. The zero-order valence-electron chi connectivity index (χ0n) is 12.4. The first kappa shape index (κ1) is 16.7. The number of hydrogen-bond donors (Lipinski definition) is 0. The minimum atomic E-state index is -4.61. The number of alkyl halides is 3. The molecule has 0 amide bonds. The van der Waals surface area contributed by atoms with E-state index in [2.05, 4.69) is 4.90 Å². The quantitative estimate of drug-likeness (QED) is 0.635. The number of non-ortho nitro benzene ring substituents is 1. The second-order valence-electron chi connectivity index (χ2n) is 5.54. The lowest BCUT2D eigenvalue weighted by Crippen LogP contribution is -2.45. The molecule has 0 spiro atoms. The maximum absolute atomic E-state index is 13.2. The molecule has 0 bridgehead atoms. The fraction of sp³-hybridized carbons (Fsp3) is 0.571. The summed E-state index contributed by atoms with van der Waals surface area (Å²) < 4.78 is 39.7. The average molecular weight is 317 g/mol. The van der Waals surface area contributed by atoms with Crippen molar-refractivity contribution in [1.29, 1.82) is 0 Å². The van der Waals surface area contributed by atoms with Gasteiger partial charge in [0.05, 0.1) is 10.5 Å². The number of piperazine rings is 1. The monoisotopic (exact) mass is 317 g/mol. The Bertz CT molecular complexity index is 555. The molecule has 1 unspecified atom stereocenters. The van der Waals surface area contributed by atoms with E-state index in [4.69, 9.17) is 0 Å². The summed E-state index contributed by atoms with van der Waals surface area (Å²) in [7, 11) is 1.97. The molecule has 1 aromatic rings. The molecule has 0 aliphatic carbocycles. The number of likely N-dealkylation sites (N-methyl/N-ethyl adjacent to an activating group) is 1. The highest BCUT2D eigenvalue weighted by Gasteiger charge is 2.37. The van der Waals surface area contributed by atoms with Gasteiger partial charge in [0.25, 0.3) is 5.69 Å². The molecule has 122 valence electrons. The highest BCUT2D eigenvalue weighted by atomic mass is 19.4. The zero-order chi connectivity index (χ0) is 16.5. The maximum Gasteiger partial charge on any atom is 0.416 e. The minimum absolute atomic E-state index is 0.0858. The van der Waals surface area contributed by atoms with Gasteiger partial charge in [-0.3, -0.25) is 15.0 Å².